The van der Waals surface area contributed by atoms with Gasteiger partial charge >= 0.3 is 6.09 Å². The van der Waals surface area contributed by atoms with Crippen LogP contribution in [0, 0.1) is 0 Å². The van der Waals surface area contributed by atoms with Gasteiger partial charge in [-0.15, -0.1) is 10.2 Å². The minimum absolute atomic E-state index is 0.0531. The number of aliphatic hydroxyl groups excluding tert-OH is 1. The quantitative estimate of drug-likeness (QED) is 0.551. The van der Waals surface area contributed by atoms with Crippen molar-refractivity contribution in [3.63, 3.8) is 0 Å². The van der Waals surface area contributed by atoms with E-state index in [2.05, 4.69) is 25.7 Å². The molecule has 11 nitrogen and oxygen atoms in total. The van der Waals surface area contributed by atoms with Gasteiger partial charge in [-0.05, 0) is 29.0 Å². The highest BCUT2D eigenvalue weighted by Crippen LogP contribution is 2.34. The van der Waals surface area contributed by atoms with Gasteiger partial charge in [0, 0.05) is 11.8 Å². The molecule has 1 aromatic carbocycles. The molecular weight excluding hydrogens is 380 g/mol. The summed E-state index contributed by atoms with van der Waals surface area (Å²) in [5.74, 6) is 1.42. The molecule has 3 aromatic rings. The summed E-state index contributed by atoms with van der Waals surface area (Å²) < 4.78 is 11.6. The molecule has 29 heavy (non-hydrogen) atoms. The minimum Gasteiger partial charge on any atom is -0.484 e. The summed E-state index contributed by atoms with van der Waals surface area (Å²) in [5, 5.41) is 32.4. The fourth-order valence-electron chi connectivity index (χ4n) is 2.91. The fourth-order valence-corrected chi connectivity index (χ4v) is 2.91. The second-order valence-electron chi connectivity index (χ2n) is 6.35. The average molecular weight is 398 g/mol. The lowest BCUT2D eigenvalue weighted by Gasteiger charge is -2.25. The van der Waals surface area contributed by atoms with Gasteiger partial charge in [0.25, 0.3) is 5.88 Å². The standard InChI is InChI=1S/C18H18N6O5/c25-9-13(20-18(26)27)8-24-22-16(21-23-24)12-4-1-3-11(7-12)15-10-28-14-5-2-6-19-17(14)29-15/h1-7,13,15,20,25H,8-10H2,(H,26,27)/t13?,15-/m0/s1. The number of ether oxygens (including phenoxy) is 2. The van der Waals surface area contributed by atoms with Crippen LogP contribution in [-0.4, -0.2) is 60.8 Å². The number of hydrogen-bond acceptors (Lipinski definition) is 8. The zero-order valence-corrected chi connectivity index (χ0v) is 15.2. The van der Waals surface area contributed by atoms with Gasteiger partial charge in [-0.25, -0.2) is 9.78 Å². The Kier molecular flexibility index (Phi) is 5.20. The van der Waals surface area contributed by atoms with E-state index in [1.54, 1.807) is 18.3 Å². The molecule has 1 aliphatic heterocycles. The molecule has 11 heteroatoms. The molecule has 0 saturated carbocycles. The van der Waals surface area contributed by atoms with Crippen LogP contribution in [0.25, 0.3) is 11.4 Å². The molecule has 0 saturated heterocycles. The zero-order chi connectivity index (χ0) is 20.2. The van der Waals surface area contributed by atoms with Crippen molar-refractivity contribution in [2.24, 2.45) is 0 Å². The van der Waals surface area contributed by atoms with Crippen molar-refractivity contribution in [3.05, 3.63) is 48.2 Å². The zero-order valence-electron chi connectivity index (χ0n) is 15.2. The van der Waals surface area contributed by atoms with E-state index < -0.39 is 12.1 Å². The number of carbonyl (C=O) groups is 1. The molecule has 0 bridgehead atoms. The number of aliphatic hydroxyl groups is 1. The molecule has 1 aliphatic rings. The number of aromatic nitrogens is 5. The summed E-state index contributed by atoms with van der Waals surface area (Å²) in [6.07, 6.45) is 0.0796. The number of amides is 1. The van der Waals surface area contributed by atoms with Crippen LogP contribution >= 0.6 is 0 Å². The third kappa shape index (κ3) is 4.24. The van der Waals surface area contributed by atoms with E-state index in [1.165, 1.54) is 4.80 Å². The Bertz CT molecular complexity index is 1010. The third-order valence-electron chi connectivity index (χ3n) is 4.28. The van der Waals surface area contributed by atoms with Gasteiger partial charge in [0.05, 0.1) is 19.2 Å². The molecule has 1 amide bonds. The number of pyridine rings is 1. The minimum atomic E-state index is -1.23. The highest BCUT2D eigenvalue weighted by Gasteiger charge is 2.24. The topological polar surface area (TPSA) is 145 Å². The van der Waals surface area contributed by atoms with Crippen LogP contribution in [0.2, 0.25) is 0 Å². The highest BCUT2D eigenvalue weighted by molar-refractivity contribution is 5.64. The molecule has 0 fully saturated rings. The van der Waals surface area contributed by atoms with E-state index in [1.807, 2.05) is 24.3 Å². The molecule has 4 rings (SSSR count). The van der Waals surface area contributed by atoms with Crippen molar-refractivity contribution in [1.29, 1.82) is 0 Å². The molecule has 0 aliphatic carbocycles. The Hall–Kier alpha value is -3.73. The number of tetrazole rings is 1. The lowest BCUT2D eigenvalue weighted by Crippen LogP contribution is -2.40. The second kappa shape index (κ2) is 8.10. The first-order valence-corrected chi connectivity index (χ1v) is 8.85. The first-order chi connectivity index (χ1) is 14.1. The molecule has 0 radical (unpaired) electrons. The number of carboxylic acid groups (broad SMARTS) is 1. The van der Waals surface area contributed by atoms with E-state index >= 15 is 0 Å². The molecular formula is C18H18N6O5. The maximum Gasteiger partial charge on any atom is 0.405 e. The lowest BCUT2D eigenvalue weighted by molar-refractivity contribution is 0.0851. The van der Waals surface area contributed by atoms with Gasteiger partial charge in [-0.3, -0.25) is 0 Å². The molecule has 3 heterocycles. The van der Waals surface area contributed by atoms with Crippen LogP contribution in [0.1, 0.15) is 11.7 Å². The van der Waals surface area contributed by atoms with Crippen LogP contribution in [0.4, 0.5) is 4.79 Å². The Morgan fingerprint density at radius 2 is 2.24 bits per heavy atom. The van der Waals surface area contributed by atoms with E-state index in [4.69, 9.17) is 14.6 Å². The number of rotatable bonds is 6. The van der Waals surface area contributed by atoms with Gasteiger partial charge in [-0.2, -0.15) is 4.80 Å². The molecule has 1 unspecified atom stereocenters. The number of nitrogens with zero attached hydrogens (tertiary/aromatic N) is 5. The van der Waals surface area contributed by atoms with Crippen molar-refractivity contribution in [1.82, 2.24) is 30.5 Å². The predicted octanol–water partition coefficient (Wildman–Crippen LogP) is 0.876. The molecule has 2 aromatic heterocycles. The summed E-state index contributed by atoms with van der Waals surface area (Å²) in [5.41, 5.74) is 1.59. The van der Waals surface area contributed by atoms with Crippen molar-refractivity contribution in [2.75, 3.05) is 13.2 Å². The first kappa shape index (κ1) is 18.6. The van der Waals surface area contributed by atoms with Gasteiger partial charge in [-0.1, -0.05) is 18.2 Å². The number of benzene rings is 1. The molecule has 3 N–H and O–H groups in total. The van der Waals surface area contributed by atoms with Gasteiger partial charge in [0.2, 0.25) is 5.82 Å². The maximum atomic E-state index is 10.7. The number of nitrogens with one attached hydrogen (secondary N) is 1. The summed E-state index contributed by atoms with van der Waals surface area (Å²) in [6.45, 7) is 0.0199. The van der Waals surface area contributed by atoms with E-state index in [0.29, 0.717) is 24.1 Å². The second-order valence-corrected chi connectivity index (χ2v) is 6.35. The highest BCUT2D eigenvalue weighted by atomic mass is 16.6. The smallest absolute Gasteiger partial charge is 0.405 e. The van der Waals surface area contributed by atoms with Crippen LogP contribution < -0.4 is 14.8 Å². The number of fused-ring (bicyclic) bond motifs is 1. The monoisotopic (exact) mass is 398 g/mol. The van der Waals surface area contributed by atoms with Crippen molar-refractivity contribution in [2.45, 2.75) is 18.7 Å². The molecule has 2 atom stereocenters. The maximum absolute atomic E-state index is 10.7. The lowest BCUT2D eigenvalue weighted by atomic mass is 10.1. The first-order valence-electron chi connectivity index (χ1n) is 8.85. The Balaban J connectivity index is 1.50. The SMILES string of the molecule is O=C(O)NC(CO)Cn1nnc(-c2cccc([C@@H]3COc4cccnc4O3)c2)n1. The fraction of sp³-hybridized carbons (Fsp3) is 0.278. The Labute approximate surface area is 164 Å². The van der Waals surface area contributed by atoms with E-state index in [0.717, 1.165) is 11.1 Å². The average Bonchev–Trinajstić information content (AvgIpc) is 3.21. The van der Waals surface area contributed by atoms with Crippen LogP contribution in [0.15, 0.2) is 42.6 Å². The third-order valence-corrected chi connectivity index (χ3v) is 4.28. The molecule has 0 spiro atoms. The largest absolute Gasteiger partial charge is 0.484 e. The van der Waals surface area contributed by atoms with Gasteiger partial charge < -0.3 is 25.0 Å². The summed E-state index contributed by atoms with van der Waals surface area (Å²) in [6, 6.07) is 10.3. The summed E-state index contributed by atoms with van der Waals surface area (Å²) in [7, 11) is 0. The van der Waals surface area contributed by atoms with Crippen LogP contribution in [0.3, 0.4) is 0 Å². The van der Waals surface area contributed by atoms with Crippen molar-refractivity contribution in [3.8, 4) is 23.0 Å². The van der Waals surface area contributed by atoms with Crippen molar-refractivity contribution >= 4 is 6.09 Å². The molecule has 150 valence electrons. The van der Waals surface area contributed by atoms with Crippen LogP contribution in [0.5, 0.6) is 11.6 Å². The van der Waals surface area contributed by atoms with Crippen molar-refractivity contribution < 1.29 is 24.5 Å². The summed E-state index contributed by atoms with van der Waals surface area (Å²) >= 11 is 0. The number of hydrogen-bond donors (Lipinski definition) is 3. The normalized spacial score (nSPS) is 16.2. The Morgan fingerprint density at radius 3 is 3.07 bits per heavy atom. The predicted molar refractivity (Wildman–Crippen MR) is 98.4 cm³/mol. The van der Waals surface area contributed by atoms with E-state index in [9.17, 15) is 9.90 Å². The van der Waals surface area contributed by atoms with Gasteiger partial charge in [0.1, 0.15) is 6.61 Å². The van der Waals surface area contributed by atoms with Gasteiger partial charge in [0.15, 0.2) is 11.9 Å². The Morgan fingerprint density at radius 1 is 1.34 bits per heavy atom. The summed E-state index contributed by atoms with van der Waals surface area (Å²) in [4.78, 5) is 16.2. The van der Waals surface area contributed by atoms with Crippen LogP contribution in [-0.2, 0) is 6.54 Å². The van der Waals surface area contributed by atoms with E-state index in [-0.39, 0.29) is 19.3 Å².